The Morgan fingerprint density at radius 2 is 1.67 bits per heavy atom. The van der Waals surface area contributed by atoms with Crippen molar-refractivity contribution in [3.05, 3.63) is 35.6 Å². The van der Waals surface area contributed by atoms with Crippen molar-refractivity contribution in [3.63, 3.8) is 0 Å². The van der Waals surface area contributed by atoms with Crippen LogP contribution in [0.3, 0.4) is 0 Å². The quantitative estimate of drug-likeness (QED) is 0.850. The first-order valence-electron chi connectivity index (χ1n) is 7.29. The molecule has 0 N–H and O–H groups in total. The van der Waals surface area contributed by atoms with E-state index in [4.69, 9.17) is 0 Å². The Morgan fingerprint density at radius 1 is 1.10 bits per heavy atom. The van der Waals surface area contributed by atoms with Crippen molar-refractivity contribution >= 4 is 11.8 Å². The van der Waals surface area contributed by atoms with Crippen LogP contribution >= 0.6 is 0 Å². The van der Waals surface area contributed by atoms with Gasteiger partial charge < -0.3 is 9.80 Å². The Hall–Kier alpha value is -1.91. The zero-order chi connectivity index (χ0) is 15.4. The minimum Gasteiger partial charge on any atom is -0.339 e. The van der Waals surface area contributed by atoms with E-state index >= 15 is 0 Å². The molecular weight excluding hydrogens is 271 g/mol. The third-order valence-electron chi connectivity index (χ3n) is 3.74. The third-order valence-corrected chi connectivity index (χ3v) is 3.74. The molecule has 0 radical (unpaired) electrons. The van der Waals surface area contributed by atoms with E-state index in [1.165, 1.54) is 6.07 Å². The molecule has 1 heterocycles. The van der Waals surface area contributed by atoms with Gasteiger partial charge in [-0.2, -0.15) is 0 Å². The molecule has 0 saturated carbocycles. The molecule has 5 heteroatoms. The second-order valence-corrected chi connectivity index (χ2v) is 5.63. The molecule has 4 nitrogen and oxygen atoms in total. The minimum absolute atomic E-state index is 0.0225. The molecule has 21 heavy (non-hydrogen) atoms. The molecule has 1 aliphatic heterocycles. The molecular formula is C16H21FN2O2. The Kier molecular flexibility index (Phi) is 4.94. The van der Waals surface area contributed by atoms with Crippen molar-refractivity contribution in [2.24, 2.45) is 5.92 Å². The maximum absolute atomic E-state index is 13.6. The average molecular weight is 292 g/mol. The van der Waals surface area contributed by atoms with Gasteiger partial charge in [-0.05, 0) is 11.6 Å². The number of benzene rings is 1. The zero-order valence-corrected chi connectivity index (χ0v) is 12.5. The Balaban J connectivity index is 1.89. The molecule has 0 aromatic heterocycles. The van der Waals surface area contributed by atoms with Crippen LogP contribution in [0.25, 0.3) is 0 Å². The number of carbonyl (C=O) groups excluding carboxylic acids is 2. The number of nitrogens with zero attached hydrogens (tertiary/aromatic N) is 2. The number of amides is 2. The maximum atomic E-state index is 13.6. The monoisotopic (exact) mass is 292 g/mol. The average Bonchev–Trinajstić information content (AvgIpc) is 2.49. The Bertz CT molecular complexity index is 523. The normalized spacial score (nSPS) is 15.4. The summed E-state index contributed by atoms with van der Waals surface area (Å²) in [4.78, 5) is 27.6. The van der Waals surface area contributed by atoms with Gasteiger partial charge >= 0.3 is 0 Å². The standard InChI is InChI=1S/C16H21FN2O2/c1-12(2)16(21)19-9-7-18(8-10-19)15(20)11-13-5-3-4-6-14(13)17/h3-6,12H,7-11H2,1-2H3. The summed E-state index contributed by atoms with van der Waals surface area (Å²) >= 11 is 0. The molecule has 1 aromatic rings. The van der Waals surface area contributed by atoms with Crippen molar-refractivity contribution in [1.29, 1.82) is 0 Å². The van der Waals surface area contributed by atoms with Crippen LogP contribution in [0.5, 0.6) is 0 Å². The highest BCUT2D eigenvalue weighted by molar-refractivity contribution is 5.80. The molecule has 1 fully saturated rings. The first-order chi connectivity index (χ1) is 9.99. The predicted octanol–water partition coefficient (Wildman–Crippen LogP) is 1.69. The van der Waals surface area contributed by atoms with E-state index in [9.17, 15) is 14.0 Å². The number of halogens is 1. The van der Waals surface area contributed by atoms with Gasteiger partial charge in [-0.15, -0.1) is 0 Å². The van der Waals surface area contributed by atoms with Crippen LogP contribution in [0.1, 0.15) is 19.4 Å². The van der Waals surface area contributed by atoms with Gasteiger partial charge in [-0.25, -0.2) is 4.39 Å². The number of hydrogen-bond acceptors (Lipinski definition) is 2. The summed E-state index contributed by atoms with van der Waals surface area (Å²) in [6, 6.07) is 6.33. The smallest absolute Gasteiger partial charge is 0.227 e. The second kappa shape index (κ2) is 6.70. The summed E-state index contributed by atoms with van der Waals surface area (Å²) in [5, 5.41) is 0. The van der Waals surface area contributed by atoms with Crippen molar-refractivity contribution in [1.82, 2.24) is 9.80 Å². The largest absolute Gasteiger partial charge is 0.339 e. The third kappa shape index (κ3) is 3.80. The highest BCUT2D eigenvalue weighted by atomic mass is 19.1. The van der Waals surface area contributed by atoms with Crippen LogP contribution in [0, 0.1) is 11.7 Å². The van der Waals surface area contributed by atoms with Crippen molar-refractivity contribution in [3.8, 4) is 0 Å². The minimum atomic E-state index is -0.348. The molecule has 1 saturated heterocycles. The maximum Gasteiger partial charge on any atom is 0.227 e. The first-order valence-corrected chi connectivity index (χ1v) is 7.29. The summed E-state index contributed by atoms with van der Waals surface area (Å²) in [5.41, 5.74) is 0.420. The van der Waals surface area contributed by atoms with Crippen molar-refractivity contribution < 1.29 is 14.0 Å². The van der Waals surface area contributed by atoms with E-state index in [0.29, 0.717) is 31.7 Å². The Labute approximate surface area is 124 Å². The van der Waals surface area contributed by atoms with Gasteiger partial charge in [0.25, 0.3) is 0 Å². The van der Waals surface area contributed by atoms with Crippen molar-refractivity contribution in [2.45, 2.75) is 20.3 Å². The molecule has 0 spiro atoms. The van der Waals surface area contributed by atoms with E-state index < -0.39 is 0 Å². The summed E-state index contributed by atoms with van der Waals surface area (Å²) in [7, 11) is 0. The summed E-state index contributed by atoms with van der Waals surface area (Å²) in [6.07, 6.45) is 0.0742. The Morgan fingerprint density at radius 3 is 2.24 bits per heavy atom. The lowest BCUT2D eigenvalue weighted by atomic mass is 10.1. The van der Waals surface area contributed by atoms with Crippen LogP contribution in [0.2, 0.25) is 0 Å². The molecule has 114 valence electrons. The summed E-state index contributed by atoms with van der Waals surface area (Å²) < 4.78 is 13.6. The van der Waals surface area contributed by atoms with Crippen LogP contribution in [0.15, 0.2) is 24.3 Å². The predicted molar refractivity (Wildman–Crippen MR) is 78.1 cm³/mol. The van der Waals surface area contributed by atoms with E-state index in [1.54, 1.807) is 28.0 Å². The van der Waals surface area contributed by atoms with Crippen LogP contribution < -0.4 is 0 Å². The van der Waals surface area contributed by atoms with Gasteiger partial charge in [0, 0.05) is 32.1 Å². The van der Waals surface area contributed by atoms with Crippen LogP contribution in [-0.2, 0) is 16.0 Å². The number of hydrogen-bond donors (Lipinski definition) is 0. The van der Waals surface area contributed by atoms with E-state index in [2.05, 4.69) is 0 Å². The van der Waals surface area contributed by atoms with E-state index in [-0.39, 0.29) is 30.0 Å². The molecule has 2 rings (SSSR count). The molecule has 0 bridgehead atoms. The number of carbonyl (C=O) groups is 2. The summed E-state index contributed by atoms with van der Waals surface area (Å²) in [5.74, 6) is -0.335. The molecule has 2 amide bonds. The van der Waals surface area contributed by atoms with Gasteiger partial charge in [-0.1, -0.05) is 32.0 Å². The fourth-order valence-corrected chi connectivity index (χ4v) is 2.46. The molecule has 0 aliphatic carbocycles. The first kappa shape index (κ1) is 15.5. The van der Waals surface area contributed by atoms with Crippen LogP contribution in [0.4, 0.5) is 4.39 Å². The van der Waals surface area contributed by atoms with Gasteiger partial charge in [0.2, 0.25) is 11.8 Å². The lowest BCUT2D eigenvalue weighted by Crippen LogP contribution is -2.51. The fourth-order valence-electron chi connectivity index (χ4n) is 2.46. The number of piperazine rings is 1. The molecule has 1 aromatic carbocycles. The lowest BCUT2D eigenvalue weighted by Gasteiger charge is -2.35. The van der Waals surface area contributed by atoms with Gasteiger partial charge in [-0.3, -0.25) is 9.59 Å². The van der Waals surface area contributed by atoms with Gasteiger partial charge in [0.15, 0.2) is 0 Å². The SMILES string of the molecule is CC(C)C(=O)N1CCN(C(=O)Cc2ccccc2F)CC1. The highest BCUT2D eigenvalue weighted by Gasteiger charge is 2.25. The fraction of sp³-hybridized carbons (Fsp3) is 0.500. The van der Waals surface area contributed by atoms with Crippen LogP contribution in [-0.4, -0.2) is 47.8 Å². The molecule has 1 aliphatic rings. The topological polar surface area (TPSA) is 40.6 Å². The second-order valence-electron chi connectivity index (χ2n) is 5.63. The van der Waals surface area contributed by atoms with E-state index in [0.717, 1.165) is 0 Å². The molecule has 0 atom stereocenters. The summed E-state index contributed by atoms with van der Waals surface area (Å²) in [6.45, 7) is 5.90. The number of rotatable bonds is 3. The van der Waals surface area contributed by atoms with Crippen molar-refractivity contribution in [2.75, 3.05) is 26.2 Å². The lowest BCUT2D eigenvalue weighted by molar-refractivity contribution is -0.141. The van der Waals surface area contributed by atoms with Gasteiger partial charge in [0.1, 0.15) is 5.82 Å². The highest BCUT2D eigenvalue weighted by Crippen LogP contribution is 2.11. The van der Waals surface area contributed by atoms with E-state index in [1.807, 2.05) is 13.8 Å². The zero-order valence-electron chi connectivity index (χ0n) is 12.5. The molecule has 0 unspecified atom stereocenters. The van der Waals surface area contributed by atoms with Gasteiger partial charge in [0.05, 0.1) is 6.42 Å².